The summed E-state index contributed by atoms with van der Waals surface area (Å²) in [7, 11) is 0. The molecule has 1 N–H and O–H groups in total. The largest absolute Gasteiger partial charge is 0.483 e. The number of benzene rings is 2. The summed E-state index contributed by atoms with van der Waals surface area (Å²) in [5, 5.41) is 2.79. The number of hydrogen-bond donors (Lipinski definition) is 1. The fraction of sp³-hybridized carbons (Fsp3) is 0.333. The molecule has 0 saturated carbocycles. The Bertz CT molecular complexity index is 783. The van der Waals surface area contributed by atoms with Crippen molar-refractivity contribution in [2.75, 3.05) is 18.5 Å². The Morgan fingerprint density at radius 3 is 2.50 bits per heavy atom. The zero-order valence-electron chi connectivity index (χ0n) is 15.7. The molecule has 0 fully saturated rings. The Kier molecular flexibility index (Phi) is 6.78. The average Bonchev–Trinajstić information content (AvgIpc) is 2.62. The van der Waals surface area contributed by atoms with Crippen LogP contribution >= 0.6 is 0 Å². The summed E-state index contributed by atoms with van der Waals surface area (Å²) < 4.78 is 10.7. The second-order valence-electron chi connectivity index (χ2n) is 6.23. The van der Waals surface area contributed by atoms with Gasteiger partial charge in [-0.2, -0.15) is 0 Å². The van der Waals surface area contributed by atoms with Gasteiger partial charge in [0, 0.05) is 5.69 Å². The SMILES string of the molecule is CCOC(=O)c1cccc(NC(=O)COc2ccccc2C(C)C)c1C. The molecule has 0 heterocycles. The molecule has 2 rings (SSSR count). The second-order valence-corrected chi connectivity index (χ2v) is 6.23. The van der Waals surface area contributed by atoms with E-state index >= 15 is 0 Å². The maximum Gasteiger partial charge on any atom is 0.338 e. The van der Waals surface area contributed by atoms with Crippen molar-refractivity contribution in [3.63, 3.8) is 0 Å². The van der Waals surface area contributed by atoms with Gasteiger partial charge in [-0.05, 0) is 49.1 Å². The van der Waals surface area contributed by atoms with Gasteiger partial charge in [0.1, 0.15) is 5.75 Å². The molecule has 0 atom stereocenters. The Morgan fingerprint density at radius 2 is 1.81 bits per heavy atom. The van der Waals surface area contributed by atoms with E-state index in [0.717, 1.165) is 5.56 Å². The van der Waals surface area contributed by atoms with Gasteiger partial charge in [-0.15, -0.1) is 0 Å². The van der Waals surface area contributed by atoms with Gasteiger partial charge in [0.2, 0.25) is 0 Å². The number of ether oxygens (including phenoxy) is 2. The van der Waals surface area contributed by atoms with Crippen LogP contribution in [0.2, 0.25) is 0 Å². The zero-order chi connectivity index (χ0) is 19.1. The first kappa shape index (κ1) is 19.5. The molecular formula is C21H25NO4. The molecule has 0 spiro atoms. The highest BCUT2D eigenvalue weighted by Gasteiger charge is 2.15. The lowest BCUT2D eigenvalue weighted by Gasteiger charge is -2.15. The number of anilines is 1. The maximum absolute atomic E-state index is 12.3. The standard InChI is InChI=1S/C21H25NO4/c1-5-25-21(24)17-10-8-11-18(15(17)4)22-20(23)13-26-19-12-7-6-9-16(19)14(2)3/h6-12,14H,5,13H2,1-4H3,(H,22,23). The van der Waals surface area contributed by atoms with E-state index in [0.29, 0.717) is 35.1 Å². The number of carbonyl (C=O) groups is 2. The van der Waals surface area contributed by atoms with Gasteiger partial charge in [-0.25, -0.2) is 4.79 Å². The van der Waals surface area contributed by atoms with Crippen molar-refractivity contribution in [3.05, 3.63) is 59.2 Å². The molecule has 0 aliphatic rings. The molecule has 0 bridgehead atoms. The van der Waals surface area contributed by atoms with E-state index in [-0.39, 0.29) is 12.5 Å². The van der Waals surface area contributed by atoms with E-state index in [1.807, 2.05) is 24.3 Å². The van der Waals surface area contributed by atoms with E-state index in [1.54, 1.807) is 32.0 Å². The third kappa shape index (κ3) is 4.85. The molecule has 1 amide bonds. The third-order valence-corrected chi connectivity index (χ3v) is 4.00. The van der Waals surface area contributed by atoms with E-state index in [9.17, 15) is 9.59 Å². The van der Waals surface area contributed by atoms with Crippen molar-refractivity contribution in [1.29, 1.82) is 0 Å². The summed E-state index contributed by atoms with van der Waals surface area (Å²) in [6, 6.07) is 12.8. The van der Waals surface area contributed by atoms with Crippen LogP contribution in [0.25, 0.3) is 0 Å². The number of para-hydroxylation sites is 1. The molecule has 26 heavy (non-hydrogen) atoms. The van der Waals surface area contributed by atoms with Crippen LogP contribution in [0.3, 0.4) is 0 Å². The Morgan fingerprint density at radius 1 is 1.08 bits per heavy atom. The summed E-state index contributed by atoms with van der Waals surface area (Å²) in [5.41, 5.74) is 2.74. The van der Waals surface area contributed by atoms with Crippen LogP contribution in [0, 0.1) is 6.92 Å². The topological polar surface area (TPSA) is 64.6 Å². The van der Waals surface area contributed by atoms with Gasteiger partial charge in [0.25, 0.3) is 5.91 Å². The molecule has 138 valence electrons. The second kappa shape index (κ2) is 9.04. The van der Waals surface area contributed by atoms with Crippen LogP contribution in [-0.4, -0.2) is 25.1 Å². The molecule has 5 nitrogen and oxygen atoms in total. The fourth-order valence-corrected chi connectivity index (χ4v) is 2.62. The molecule has 0 aliphatic carbocycles. The minimum absolute atomic E-state index is 0.104. The lowest BCUT2D eigenvalue weighted by Crippen LogP contribution is -2.21. The van der Waals surface area contributed by atoms with Gasteiger partial charge in [-0.1, -0.05) is 38.1 Å². The molecule has 2 aromatic rings. The Hall–Kier alpha value is -2.82. The quantitative estimate of drug-likeness (QED) is 0.752. The van der Waals surface area contributed by atoms with Crippen molar-refractivity contribution >= 4 is 17.6 Å². The van der Waals surface area contributed by atoms with E-state index in [1.165, 1.54) is 0 Å². The minimum Gasteiger partial charge on any atom is -0.483 e. The Balaban J connectivity index is 2.05. The number of nitrogens with one attached hydrogen (secondary N) is 1. The number of hydrogen-bond acceptors (Lipinski definition) is 4. The predicted molar refractivity (Wildman–Crippen MR) is 102 cm³/mol. The number of rotatable bonds is 7. The molecule has 0 aromatic heterocycles. The first-order chi connectivity index (χ1) is 12.4. The highest BCUT2D eigenvalue weighted by atomic mass is 16.5. The first-order valence-electron chi connectivity index (χ1n) is 8.72. The summed E-state index contributed by atoms with van der Waals surface area (Å²) in [6.45, 7) is 7.88. The van der Waals surface area contributed by atoms with E-state index in [2.05, 4.69) is 19.2 Å². The maximum atomic E-state index is 12.3. The zero-order valence-corrected chi connectivity index (χ0v) is 15.7. The van der Waals surface area contributed by atoms with Crippen LogP contribution in [0.1, 0.15) is 48.2 Å². The van der Waals surface area contributed by atoms with Crippen LogP contribution < -0.4 is 10.1 Å². The summed E-state index contributed by atoms with van der Waals surface area (Å²) in [6.07, 6.45) is 0. The van der Waals surface area contributed by atoms with Gasteiger partial charge in [0.15, 0.2) is 6.61 Å². The van der Waals surface area contributed by atoms with E-state index < -0.39 is 5.97 Å². The fourth-order valence-electron chi connectivity index (χ4n) is 2.62. The lowest BCUT2D eigenvalue weighted by atomic mass is 10.0. The van der Waals surface area contributed by atoms with Gasteiger partial charge >= 0.3 is 5.97 Å². The molecule has 0 aliphatic heterocycles. The summed E-state index contributed by atoms with van der Waals surface area (Å²) in [5.74, 6) is 0.322. The predicted octanol–water partition coefficient (Wildman–Crippen LogP) is 4.31. The lowest BCUT2D eigenvalue weighted by molar-refractivity contribution is -0.118. The molecule has 0 radical (unpaired) electrons. The average molecular weight is 355 g/mol. The van der Waals surface area contributed by atoms with Crippen molar-refractivity contribution in [3.8, 4) is 5.75 Å². The summed E-state index contributed by atoms with van der Waals surface area (Å²) >= 11 is 0. The minimum atomic E-state index is -0.400. The molecular weight excluding hydrogens is 330 g/mol. The van der Waals surface area contributed by atoms with Gasteiger partial charge in [0.05, 0.1) is 12.2 Å². The first-order valence-corrected chi connectivity index (χ1v) is 8.72. The summed E-state index contributed by atoms with van der Waals surface area (Å²) in [4.78, 5) is 24.2. The highest BCUT2D eigenvalue weighted by molar-refractivity contribution is 5.97. The highest BCUT2D eigenvalue weighted by Crippen LogP contribution is 2.26. The third-order valence-electron chi connectivity index (χ3n) is 4.00. The number of esters is 1. The normalized spacial score (nSPS) is 10.5. The smallest absolute Gasteiger partial charge is 0.338 e. The van der Waals surface area contributed by atoms with Crippen LogP contribution in [0.4, 0.5) is 5.69 Å². The van der Waals surface area contributed by atoms with Crippen LogP contribution in [-0.2, 0) is 9.53 Å². The van der Waals surface area contributed by atoms with Crippen molar-refractivity contribution in [2.45, 2.75) is 33.6 Å². The number of carbonyl (C=O) groups excluding carboxylic acids is 2. The molecule has 0 unspecified atom stereocenters. The van der Waals surface area contributed by atoms with Crippen molar-refractivity contribution in [1.82, 2.24) is 0 Å². The Labute approximate surface area is 154 Å². The molecule has 2 aromatic carbocycles. The van der Waals surface area contributed by atoms with Crippen molar-refractivity contribution < 1.29 is 19.1 Å². The van der Waals surface area contributed by atoms with E-state index in [4.69, 9.17) is 9.47 Å². The molecule has 0 saturated heterocycles. The van der Waals surface area contributed by atoms with Crippen LogP contribution in [0.15, 0.2) is 42.5 Å². The monoisotopic (exact) mass is 355 g/mol. The molecule has 5 heteroatoms. The van der Waals surface area contributed by atoms with Crippen molar-refractivity contribution in [2.24, 2.45) is 0 Å². The van der Waals surface area contributed by atoms with Gasteiger partial charge in [-0.3, -0.25) is 4.79 Å². The van der Waals surface area contributed by atoms with Crippen LogP contribution in [0.5, 0.6) is 5.75 Å². The number of amides is 1. The van der Waals surface area contributed by atoms with Gasteiger partial charge < -0.3 is 14.8 Å².